The van der Waals surface area contributed by atoms with Crippen molar-refractivity contribution >= 4 is 84.9 Å². The van der Waals surface area contributed by atoms with Gasteiger partial charge in [0.2, 0.25) is 0 Å². The minimum atomic E-state index is -0.457. The number of carbonyl (C=O) groups excluding carboxylic acids is 7. The maximum absolute atomic E-state index is 12.6. The van der Waals surface area contributed by atoms with E-state index in [2.05, 4.69) is 170 Å². The van der Waals surface area contributed by atoms with E-state index in [-0.39, 0.29) is 114 Å². The van der Waals surface area contributed by atoms with Gasteiger partial charge in [0.1, 0.15) is 36.3 Å². The van der Waals surface area contributed by atoms with Crippen molar-refractivity contribution in [2.24, 2.45) is 40.4 Å². The first-order chi connectivity index (χ1) is 70.6. The molecule has 10 atom stereocenters. The van der Waals surface area contributed by atoms with Gasteiger partial charge in [0, 0.05) is 27.8 Å². The van der Waals surface area contributed by atoms with Gasteiger partial charge in [-0.3, -0.25) is 33.6 Å². The Balaban J connectivity index is 0.000000153. The monoisotopic (exact) mass is 1980 g/mol. The van der Waals surface area contributed by atoms with Gasteiger partial charge in [-0.1, -0.05) is 308 Å². The number of ether oxygens (including phenoxy) is 8. The number of aryl methyl sites for hydroxylation is 5. The molecule has 0 fully saturated rings. The molecule has 5 aliphatic carbocycles. The lowest BCUT2D eigenvalue weighted by molar-refractivity contribution is -0.159. The maximum Gasteiger partial charge on any atom is 0.312 e. The van der Waals surface area contributed by atoms with Crippen molar-refractivity contribution in [3.8, 4) is 5.75 Å². The smallest absolute Gasteiger partial charge is 0.312 e. The molecule has 18 rings (SSSR count). The summed E-state index contributed by atoms with van der Waals surface area (Å²) < 4.78 is 45.3. The van der Waals surface area contributed by atoms with Gasteiger partial charge in [0.15, 0.2) is 12.2 Å². The van der Waals surface area contributed by atoms with Crippen molar-refractivity contribution in [1.82, 2.24) is 0 Å². The zero-order valence-corrected chi connectivity index (χ0v) is 91.0. The van der Waals surface area contributed by atoms with Crippen LogP contribution in [0, 0.1) is 40.4 Å². The Bertz CT molecular complexity index is 6510. The number of carbonyl (C=O) groups is 7. The van der Waals surface area contributed by atoms with E-state index in [1.54, 1.807) is 7.11 Å². The van der Waals surface area contributed by atoms with E-state index in [1.165, 1.54) is 121 Å². The van der Waals surface area contributed by atoms with Crippen LogP contribution in [0.15, 0.2) is 261 Å². The third-order valence-electron chi connectivity index (χ3n) is 30.6. The van der Waals surface area contributed by atoms with Crippen LogP contribution in [0.25, 0.3) is 43.1 Å². The lowest BCUT2D eigenvalue weighted by Crippen LogP contribution is -2.29. The molecule has 0 aromatic heterocycles. The molecule has 0 N–H and O–H groups in total. The van der Waals surface area contributed by atoms with Crippen molar-refractivity contribution in [3.05, 3.63) is 361 Å². The third kappa shape index (κ3) is 29.5. The summed E-state index contributed by atoms with van der Waals surface area (Å²) >= 11 is 0. The van der Waals surface area contributed by atoms with Crippen LogP contribution >= 0.6 is 0 Å². The lowest BCUT2D eigenvalue weighted by atomic mass is 9.83. The van der Waals surface area contributed by atoms with Crippen LogP contribution in [0.3, 0.4) is 0 Å². The van der Waals surface area contributed by atoms with E-state index in [1.807, 2.05) is 229 Å². The molecular weight excluding hydrogens is 1830 g/mol. The highest BCUT2D eigenvalue weighted by molar-refractivity contribution is 6.03. The summed E-state index contributed by atoms with van der Waals surface area (Å²) in [6.07, 6.45) is 18.8. The van der Waals surface area contributed by atoms with Crippen LogP contribution in [0.5, 0.6) is 5.75 Å². The Labute approximate surface area is 874 Å². The van der Waals surface area contributed by atoms with Crippen LogP contribution in [0.2, 0.25) is 0 Å². The number of hydrogen-bond acceptors (Lipinski definition) is 15. The van der Waals surface area contributed by atoms with E-state index < -0.39 is 10.8 Å². The van der Waals surface area contributed by atoms with Crippen molar-refractivity contribution < 1.29 is 71.5 Å². The van der Waals surface area contributed by atoms with Gasteiger partial charge in [0.25, 0.3) is 0 Å². The molecule has 0 saturated heterocycles. The number of fused-ring (bicyclic) bond motifs is 11. The molecule has 0 radical (unpaired) electrons. The first kappa shape index (κ1) is 113. The van der Waals surface area contributed by atoms with Crippen LogP contribution < -0.4 is 4.74 Å². The molecule has 0 heterocycles. The summed E-state index contributed by atoms with van der Waals surface area (Å²) in [5, 5.41) is 9.48. The van der Waals surface area contributed by atoms with Gasteiger partial charge in [0.05, 0.1) is 47.5 Å². The average Bonchev–Trinajstić information content (AvgIpc) is 0.802. The number of hydrogen-bond donors (Lipinski definition) is 0. The molecule has 13 aromatic rings. The molecular formula is C132H158O15. The van der Waals surface area contributed by atoms with Crippen molar-refractivity contribution in [2.75, 3.05) is 7.11 Å². The maximum atomic E-state index is 12.6. The minimum Gasteiger partial charge on any atom is -0.497 e. The second-order valence-electron chi connectivity index (χ2n) is 41.9. The Morgan fingerprint density at radius 2 is 0.626 bits per heavy atom. The Morgan fingerprint density at radius 3 is 1.06 bits per heavy atom. The van der Waals surface area contributed by atoms with Crippen LogP contribution in [-0.4, -0.2) is 48.9 Å². The summed E-state index contributed by atoms with van der Waals surface area (Å²) in [6.45, 7) is 39.2. The van der Waals surface area contributed by atoms with Gasteiger partial charge < -0.3 is 37.9 Å². The van der Waals surface area contributed by atoms with E-state index in [9.17, 15) is 33.6 Å². The number of benzene rings is 13. The van der Waals surface area contributed by atoms with Gasteiger partial charge >= 0.3 is 41.8 Å². The number of esters is 7. The zero-order chi connectivity index (χ0) is 106. The summed E-state index contributed by atoms with van der Waals surface area (Å²) in [4.78, 5) is 84.9. The standard InChI is InChI=1S/2C21H22O2.C20H22O2.C19H20O2.C18H26O2.C17H24O2.C16H22O3/c1-4-14(2)21(22)23-15(3)20-18-11-7-5-9-16(18)13-17-10-6-8-12-19(17)20;1-4-14(2)21(22)23-15(3)16-9-10-19-12-17-7-5-6-8-18(17)13-20(19)11-16;1-4-20(2,3)19(21)22-18-16-11-7-5-9-14(16)13-15-10-6-8-12-17(15)18;1-3-13(2)19(20)21-18-16-10-6-4-8-14(16)12-15-9-5-7-11-17(15)18;1-5-18(3,4)17(19)20-13(2)15-11-10-14-8-6-7-9-16(14)12-15;1-4-12(2)17(18)19-13(3)15-10-9-14-7-5-6-8-16(14)11-15;1-4-11(2)16(17)19-15-7-5-6-12-10-13(18-3)8-9-14(12)15/h2*5-15H,4H2,1-3H3;5-12,18H,4,13H2,1-3H3;4-11,13,18H,3,12H2,1-2H3;10-13H,5-9H2,1-4H3;9-13H,4-8H2,1-3H3;8-11,15H,4-7H2,1-3H3. The van der Waals surface area contributed by atoms with Gasteiger partial charge in [-0.15, -0.1) is 0 Å². The molecule has 5 aliphatic rings. The predicted molar refractivity (Wildman–Crippen MR) is 595 cm³/mol. The van der Waals surface area contributed by atoms with E-state index in [0.29, 0.717) is 0 Å². The summed E-state index contributed by atoms with van der Waals surface area (Å²) in [6, 6.07) is 89.8. The van der Waals surface area contributed by atoms with Gasteiger partial charge in [-0.2, -0.15) is 0 Å². The summed E-state index contributed by atoms with van der Waals surface area (Å²) in [7, 11) is 1.67. The topological polar surface area (TPSA) is 193 Å². The molecule has 15 heteroatoms. The predicted octanol–water partition coefficient (Wildman–Crippen LogP) is 32.7. The zero-order valence-electron chi connectivity index (χ0n) is 91.0. The van der Waals surface area contributed by atoms with Gasteiger partial charge in [-0.25, -0.2) is 0 Å². The highest BCUT2D eigenvalue weighted by Gasteiger charge is 2.37. The average molecular weight is 1980 g/mol. The fourth-order valence-electron chi connectivity index (χ4n) is 18.8. The first-order valence-corrected chi connectivity index (χ1v) is 54.1. The van der Waals surface area contributed by atoms with Crippen LogP contribution in [0.1, 0.15) is 365 Å². The first-order valence-electron chi connectivity index (χ1n) is 54.1. The van der Waals surface area contributed by atoms with E-state index >= 15 is 0 Å². The fourth-order valence-corrected chi connectivity index (χ4v) is 18.8. The molecule has 0 spiro atoms. The number of methoxy groups -OCH3 is 1. The van der Waals surface area contributed by atoms with Crippen molar-refractivity contribution in [3.63, 3.8) is 0 Å². The molecule has 147 heavy (non-hydrogen) atoms. The molecule has 10 unspecified atom stereocenters. The van der Waals surface area contributed by atoms with Gasteiger partial charge in [-0.05, 0) is 336 Å². The lowest BCUT2D eigenvalue weighted by Gasteiger charge is -2.31. The molecule has 776 valence electrons. The highest BCUT2D eigenvalue weighted by atomic mass is 16.6. The quantitative estimate of drug-likeness (QED) is 0.0282. The van der Waals surface area contributed by atoms with Crippen LogP contribution in [0.4, 0.5) is 0 Å². The largest absolute Gasteiger partial charge is 0.497 e. The summed E-state index contributed by atoms with van der Waals surface area (Å²) in [5.41, 5.74) is 21.1. The Hall–Kier alpha value is -13.0. The fraction of sp³-hybridized carbons (Fsp3) is 0.417. The molecule has 0 saturated carbocycles. The highest BCUT2D eigenvalue weighted by Crippen LogP contribution is 2.44. The van der Waals surface area contributed by atoms with Crippen molar-refractivity contribution in [1.29, 1.82) is 0 Å². The second kappa shape index (κ2) is 53.6. The summed E-state index contributed by atoms with van der Waals surface area (Å²) in [5.74, 6) is -0.145. The van der Waals surface area contributed by atoms with Crippen LogP contribution in [-0.2, 0) is 112 Å². The molecule has 0 amide bonds. The molecule has 15 nitrogen and oxygen atoms in total. The molecule has 0 aliphatic heterocycles. The minimum absolute atomic E-state index is 0.0138. The third-order valence-corrected chi connectivity index (χ3v) is 30.6. The Kier molecular flexibility index (Phi) is 41.1. The SMILES string of the molecule is CCC(C)(C)C(=O)OC(C)c1ccc2c(c1)CCCC2.CCC(C)(C)C(=O)OC1c2ccccc2Cc2ccccc21.CCC(C)C(=O)OC(C)c1c2ccccc2cc2ccccc12.CCC(C)C(=O)OC(C)c1ccc2c(c1)CCCC2.CCC(C)C(=O)OC(C)c1ccc2cc3ccccc3cc2c1.CCC(C)C(=O)OC1CCCc2cc(OC)ccc21.CCC(C)C(=O)OC1c2ccccc2Cc2ccccc21. The second-order valence-corrected chi connectivity index (χ2v) is 41.9. The normalized spacial score (nSPS) is 15.6. The Morgan fingerprint density at radius 1 is 0.286 bits per heavy atom. The number of rotatable bonds is 26. The van der Waals surface area contributed by atoms with Crippen molar-refractivity contribution in [2.45, 2.75) is 310 Å². The molecule has 13 aromatic carbocycles. The van der Waals surface area contributed by atoms with E-state index in [0.717, 1.165) is 156 Å². The van der Waals surface area contributed by atoms with E-state index in [4.69, 9.17) is 37.9 Å². The molecule has 0 bridgehead atoms.